The average Bonchev–Trinajstić information content (AvgIpc) is 3.22. The first-order valence-corrected chi connectivity index (χ1v) is 17.6. The molecule has 0 saturated carbocycles. The first kappa shape index (κ1) is 31.1. The zero-order valence-electron chi connectivity index (χ0n) is 28.5. The third-order valence-electron chi connectivity index (χ3n) is 9.92. The number of fused-ring (bicyclic) bond motifs is 4. The van der Waals surface area contributed by atoms with Crippen LogP contribution in [-0.2, 0) is 0 Å². The fourth-order valence-corrected chi connectivity index (χ4v) is 7.14. The summed E-state index contributed by atoms with van der Waals surface area (Å²) in [6.45, 7) is 0. The van der Waals surface area contributed by atoms with Crippen molar-refractivity contribution in [3.05, 3.63) is 210 Å². The van der Waals surface area contributed by atoms with Crippen molar-refractivity contribution in [1.29, 1.82) is 5.41 Å². The van der Waals surface area contributed by atoms with Crippen molar-refractivity contribution in [3.8, 4) is 44.6 Å². The summed E-state index contributed by atoms with van der Waals surface area (Å²) in [5, 5.41) is 12.4. The van der Waals surface area contributed by atoms with Gasteiger partial charge in [0, 0.05) is 27.5 Å². The molecule has 7 aromatic carbocycles. The maximum Gasteiger partial charge on any atom is 0.0794 e. The molecule has 0 radical (unpaired) electrons. The molecular weight excluding hydrogens is 629 g/mol. The van der Waals surface area contributed by atoms with Gasteiger partial charge in [0.15, 0.2) is 0 Å². The van der Waals surface area contributed by atoms with Crippen molar-refractivity contribution >= 4 is 39.5 Å². The number of allylic oxidation sites excluding steroid dienone is 4. The maximum absolute atomic E-state index is 8.98. The smallest absolute Gasteiger partial charge is 0.0794 e. The molecule has 2 nitrogen and oxygen atoms in total. The van der Waals surface area contributed by atoms with Crippen LogP contribution in [0, 0.1) is 5.41 Å². The minimum atomic E-state index is 0.537. The van der Waals surface area contributed by atoms with E-state index in [1.165, 1.54) is 27.6 Å². The number of benzene rings is 7. The topological polar surface area (TPSA) is 36.7 Å². The van der Waals surface area contributed by atoms with Crippen LogP contribution in [0.2, 0.25) is 0 Å². The number of hydrogen-bond donors (Lipinski definition) is 1. The van der Waals surface area contributed by atoms with Crippen molar-refractivity contribution in [2.45, 2.75) is 0 Å². The van der Waals surface area contributed by atoms with Crippen LogP contribution >= 0.6 is 0 Å². The minimum absolute atomic E-state index is 0.537. The van der Waals surface area contributed by atoms with Gasteiger partial charge in [-0.2, -0.15) is 0 Å². The van der Waals surface area contributed by atoms with Crippen LogP contribution in [0.15, 0.2) is 194 Å². The van der Waals surface area contributed by atoms with E-state index in [9.17, 15) is 0 Å². The Morgan fingerprint density at radius 1 is 0.462 bits per heavy atom. The Kier molecular flexibility index (Phi) is 8.03. The lowest BCUT2D eigenvalue weighted by Crippen LogP contribution is -2.08. The largest absolute Gasteiger partial charge is 0.300 e. The van der Waals surface area contributed by atoms with Gasteiger partial charge in [0.25, 0.3) is 0 Å². The van der Waals surface area contributed by atoms with Crippen LogP contribution in [0.4, 0.5) is 0 Å². The molecule has 0 aliphatic heterocycles. The van der Waals surface area contributed by atoms with E-state index in [4.69, 9.17) is 10.4 Å². The highest BCUT2D eigenvalue weighted by atomic mass is 14.7. The zero-order chi connectivity index (χ0) is 34.9. The molecule has 0 fully saturated rings. The highest BCUT2D eigenvalue weighted by molar-refractivity contribution is 6.17. The number of pyridine rings is 1. The molecule has 1 heterocycles. The second-order valence-electron chi connectivity index (χ2n) is 13.2. The van der Waals surface area contributed by atoms with E-state index in [2.05, 4.69) is 164 Å². The Balaban J connectivity index is 1.04. The van der Waals surface area contributed by atoms with Gasteiger partial charge in [-0.3, -0.25) is 5.41 Å². The molecule has 1 aliphatic carbocycles. The van der Waals surface area contributed by atoms with Crippen LogP contribution in [0.5, 0.6) is 0 Å². The highest BCUT2D eigenvalue weighted by Gasteiger charge is 2.16. The summed E-state index contributed by atoms with van der Waals surface area (Å²) in [5.41, 5.74) is 14.5. The van der Waals surface area contributed by atoms with Crippen molar-refractivity contribution in [2.24, 2.45) is 0 Å². The molecule has 0 amide bonds. The van der Waals surface area contributed by atoms with E-state index in [0.29, 0.717) is 5.71 Å². The van der Waals surface area contributed by atoms with Gasteiger partial charge in [-0.25, -0.2) is 4.98 Å². The molecule has 1 aromatic heterocycles. The van der Waals surface area contributed by atoms with Crippen LogP contribution < -0.4 is 0 Å². The van der Waals surface area contributed by atoms with E-state index in [1.54, 1.807) is 0 Å². The van der Waals surface area contributed by atoms with Gasteiger partial charge < -0.3 is 0 Å². The molecule has 244 valence electrons. The van der Waals surface area contributed by atoms with Crippen LogP contribution in [0.1, 0.15) is 16.7 Å². The first-order valence-electron chi connectivity index (χ1n) is 17.6. The number of rotatable bonds is 6. The summed E-state index contributed by atoms with van der Waals surface area (Å²) in [5.74, 6) is 0. The minimum Gasteiger partial charge on any atom is -0.300 e. The first-order chi connectivity index (χ1) is 25.7. The van der Waals surface area contributed by atoms with Crippen LogP contribution in [-0.4, -0.2) is 10.7 Å². The van der Waals surface area contributed by atoms with Gasteiger partial charge in [-0.05, 0) is 68.1 Å². The standard InChI is InChI=1S/C50H34N2/c51-49-41(26-23-38-24-27-42(31-46(38)49)35-12-4-1-5-13-35)18-10-11-34-19-21-40(22-20-34)48-33-45(37-16-8-3-9-17-37)44-30-29-39-25-28-43(32-47(39)50(44)52-48)36-14-6-2-7-15-36/h1-33,51H/b11-10+,41-18-,51-49?. The number of aromatic nitrogens is 1. The monoisotopic (exact) mass is 662 g/mol. The van der Waals surface area contributed by atoms with Crippen molar-refractivity contribution in [1.82, 2.24) is 4.98 Å². The van der Waals surface area contributed by atoms with E-state index in [1.807, 2.05) is 36.4 Å². The van der Waals surface area contributed by atoms with Gasteiger partial charge in [0.05, 0.1) is 16.9 Å². The fourth-order valence-electron chi connectivity index (χ4n) is 7.14. The number of nitrogens with one attached hydrogen (secondary N) is 1. The lowest BCUT2D eigenvalue weighted by Gasteiger charge is -2.16. The summed E-state index contributed by atoms with van der Waals surface area (Å²) in [4.78, 5) is 5.34. The third-order valence-corrected chi connectivity index (χ3v) is 9.92. The molecule has 0 unspecified atom stereocenters. The maximum atomic E-state index is 8.98. The van der Waals surface area contributed by atoms with E-state index >= 15 is 0 Å². The Hall–Kier alpha value is -6.90. The molecule has 0 saturated heterocycles. The quantitative estimate of drug-likeness (QED) is 0.177. The second-order valence-corrected chi connectivity index (χ2v) is 13.2. The summed E-state index contributed by atoms with van der Waals surface area (Å²) >= 11 is 0. The Morgan fingerprint density at radius 2 is 1.08 bits per heavy atom. The van der Waals surface area contributed by atoms with Gasteiger partial charge in [-0.15, -0.1) is 0 Å². The molecule has 1 aliphatic rings. The molecule has 2 heteroatoms. The van der Waals surface area contributed by atoms with Crippen molar-refractivity contribution in [3.63, 3.8) is 0 Å². The van der Waals surface area contributed by atoms with Gasteiger partial charge in [0.1, 0.15) is 0 Å². The summed E-state index contributed by atoms with van der Waals surface area (Å²) in [6, 6.07) is 59.7. The molecule has 9 rings (SSSR count). The van der Waals surface area contributed by atoms with E-state index in [0.717, 1.165) is 60.9 Å². The normalized spacial score (nSPS) is 13.3. The van der Waals surface area contributed by atoms with E-state index in [-0.39, 0.29) is 0 Å². The summed E-state index contributed by atoms with van der Waals surface area (Å²) < 4.78 is 0. The Bertz CT molecular complexity index is 2700. The van der Waals surface area contributed by atoms with Crippen LogP contribution in [0.3, 0.4) is 0 Å². The second kappa shape index (κ2) is 13.4. The number of nitrogens with zero attached hydrogens (tertiary/aromatic N) is 1. The summed E-state index contributed by atoms with van der Waals surface area (Å²) in [7, 11) is 0. The lowest BCUT2D eigenvalue weighted by atomic mass is 9.89. The van der Waals surface area contributed by atoms with E-state index < -0.39 is 0 Å². The SMILES string of the molecule is N=C1/C(=C\C=C\c2ccc(-c3cc(-c4ccccc4)c4ccc5ccc(-c6ccccc6)cc5c4n3)cc2)C=Cc2ccc(-c3ccccc3)cc21. The van der Waals surface area contributed by atoms with Gasteiger partial charge in [-0.1, -0.05) is 182 Å². The number of hydrogen-bond acceptors (Lipinski definition) is 2. The molecule has 0 atom stereocenters. The molecule has 8 aromatic rings. The third kappa shape index (κ3) is 5.97. The Morgan fingerprint density at radius 3 is 1.79 bits per heavy atom. The summed E-state index contributed by atoms with van der Waals surface area (Å²) in [6.07, 6.45) is 10.3. The highest BCUT2D eigenvalue weighted by Crippen LogP contribution is 2.37. The molecular formula is C50H34N2. The fraction of sp³-hybridized carbons (Fsp3) is 0. The predicted molar refractivity (Wildman–Crippen MR) is 220 cm³/mol. The van der Waals surface area contributed by atoms with Gasteiger partial charge in [0.2, 0.25) is 0 Å². The molecule has 0 spiro atoms. The molecule has 52 heavy (non-hydrogen) atoms. The average molecular weight is 663 g/mol. The van der Waals surface area contributed by atoms with Crippen molar-refractivity contribution in [2.75, 3.05) is 0 Å². The predicted octanol–water partition coefficient (Wildman–Crippen LogP) is 13.1. The lowest BCUT2D eigenvalue weighted by molar-refractivity contribution is 1.41. The van der Waals surface area contributed by atoms with Crippen molar-refractivity contribution < 1.29 is 0 Å². The van der Waals surface area contributed by atoms with Gasteiger partial charge >= 0.3 is 0 Å². The zero-order valence-corrected chi connectivity index (χ0v) is 28.5. The van der Waals surface area contributed by atoms with Crippen LogP contribution in [0.25, 0.3) is 78.5 Å². The molecule has 0 bridgehead atoms. The molecule has 1 N–H and O–H groups in total. The Labute approximate surface area is 303 Å².